The van der Waals surface area contributed by atoms with Crippen LogP contribution in [-0.2, 0) is 11.2 Å². The number of benzene rings is 2. The molecule has 200 valence electrons. The summed E-state index contributed by atoms with van der Waals surface area (Å²) in [5, 5.41) is 8.15. The summed E-state index contributed by atoms with van der Waals surface area (Å²) in [7, 11) is 0. The number of ether oxygens (including phenoxy) is 1. The van der Waals surface area contributed by atoms with E-state index in [1.54, 1.807) is 24.3 Å². The van der Waals surface area contributed by atoms with E-state index in [0.717, 1.165) is 19.6 Å². The van der Waals surface area contributed by atoms with Gasteiger partial charge in [0.2, 0.25) is 6.41 Å². The van der Waals surface area contributed by atoms with Gasteiger partial charge in [0.05, 0.1) is 17.3 Å². The fourth-order valence-corrected chi connectivity index (χ4v) is 4.69. The van der Waals surface area contributed by atoms with Crippen molar-refractivity contribution in [1.82, 2.24) is 20.0 Å². The molecule has 4 rings (SSSR count). The van der Waals surface area contributed by atoms with Gasteiger partial charge in [0.25, 0.3) is 5.91 Å². The minimum Gasteiger partial charge on any atom is -0.489 e. The summed E-state index contributed by atoms with van der Waals surface area (Å²) in [6, 6.07) is 10.8. The van der Waals surface area contributed by atoms with E-state index >= 15 is 0 Å². The maximum absolute atomic E-state index is 13.8. The summed E-state index contributed by atoms with van der Waals surface area (Å²) in [6.07, 6.45) is 0.796. The lowest BCUT2D eigenvalue weighted by molar-refractivity contribution is -0.106. The molecule has 1 aliphatic rings. The number of nitrogens with two attached hydrogens (primary N) is 1. The molecule has 9 nitrogen and oxygen atoms in total. The van der Waals surface area contributed by atoms with E-state index in [0.29, 0.717) is 41.3 Å². The van der Waals surface area contributed by atoms with Gasteiger partial charge in [0.1, 0.15) is 5.82 Å². The predicted molar refractivity (Wildman–Crippen MR) is 145 cm³/mol. The molecule has 0 radical (unpaired) electrons. The number of rotatable bonds is 9. The first-order chi connectivity index (χ1) is 18.3. The first kappa shape index (κ1) is 27.6. The molecule has 0 atom stereocenters. The number of carbonyl (C=O) groups is 2. The number of aromatic nitrogens is 2. The van der Waals surface area contributed by atoms with Gasteiger partial charge in [-0.1, -0.05) is 30.1 Å². The van der Waals surface area contributed by atoms with Crippen LogP contribution in [0.5, 0.6) is 5.75 Å². The van der Waals surface area contributed by atoms with Crippen molar-refractivity contribution in [3.8, 4) is 5.75 Å². The lowest BCUT2D eigenvalue weighted by Crippen LogP contribution is -2.48. The van der Waals surface area contributed by atoms with Gasteiger partial charge in [0.15, 0.2) is 17.4 Å². The maximum atomic E-state index is 13.8. The minimum absolute atomic E-state index is 0.0140. The molecule has 2 heterocycles. The molecule has 2 aromatic carbocycles. The highest BCUT2D eigenvalue weighted by Crippen LogP contribution is 2.30. The number of amides is 2. The molecular weight excluding hydrogens is 534 g/mol. The van der Waals surface area contributed by atoms with Crippen LogP contribution in [-0.4, -0.2) is 71.6 Å². The van der Waals surface area contributed by atoms with Crippen LogP contribution in [0.3, 0.4) is 0 Å². The summed E-state index contributed by atoms with van der Waals surface area (Å²) >= 11 is 12.1. The highest BCUT2D eigenvalue weighted by atomic mass is 35.5. The van der Waals surface area contributed by atoms with Gasteiger partial charge in [0, 0.05) is 49.3 Å². The van der Waals surface area contributed by atoms with E-state index in [-0.39, 0.29) is 41.3 Å². The second-order valence-electron chi connectivity index (χ2n) is 8.62. The number of carbonyl (C=O) groups excluding carboxylic acids is 2. The van der Waals surface area contributed by atoms with Crippen molar-refractivity contribution in [3.05, 3.63) is 69.5 Å². The molecule has 1 aromatic heterocycles. The Balaban J connectivity index is 1.44. The van der Waals surface area contributed by atoms with E-state index in [1.807, 2.05) is 4.90 Å². The molecule has 1 saturated heterocycles. The van der Waals surface area contributed by atoms with Gasteiger partial charge in [-0.3, -0.25) is 14.5 Å². The Morgan fingerprint density at radius 2 is 1.84 bits per heavy atom. The third-order valence-corrected chi connectivity index (χ3v) is 7.14. The molecule has 0 aliphatic carbocycles. The molecule has 38 heavy (non-hydrogen) atoms. The Bertz CT molecular complexity index is 1300. The van der Waals surface area contributed by atoms with Crippen LogP contribution >= 0.6 is 23.2 Å². The molecule has 1 aliphatic heterocycles. The molecule has 1 fully saturated rings. The number of anilines is 3. The third-order valence-electron chi connectivity index (χ3n) is 6.37. The second-order valence-corrected chi connectivity index (χ2v) is 9.41. The molecule has 2 amide bonds. The zero-order chi connectivity index (χ0) is 27.2. The molecule has 0 bridgehead atoms. The third kappa shape index (κ3) is 6.15. The van der Waals surface area contributed by atoms with E-state index in [4.69, 9.17) is 33.7 Å². The Labute approximate surface area is 229 Å². The number of nitrogens with zero attached hydrogens (tertiary/aromatic N) is 5. The molecule has 12 heteroatoms. The zero-order valence-electron chi connectivity index (χ0n) is 20.7. The van der Waals surface area contributed by atoms with Crippen molar-refractivity contribution < 1.29 is 18.7 Å². The van der Waals surface area contributed by atoms with Gasteiger partial charge in [-0.15, -0.1) is 10.2 Å². The molecule has 0 spiro atoms. The number of piperazine rings is 1. The molecule has 3 aromatic rings. The zero-order valence-corrected chi connectivity index (χ0v) is 22.3. The van der Waals surface area contributed by atoms with Gasteiger partial charge in [-0.05, 0) is 48.5 Å². The molecule has 2 N–H and O–H groups in total. The fraction of sp³-hybridized carbons (Fsp3) is 0.308. The van der Waals surface area contributed by atoms with Crippen molar-refractivity contribution in [2.75, 3.05) is 50.0 Å². The molecule has 0 unspecified atom stereocenters. The molecular formula is C26H27Cl2FN6O3. The quantitative estimate of drug-likeness (QED) is 0.309. The van der Waals surface area contributed by atoms with E-state index in [9.17, 15) is 14.0 Å². The van der Waals surface area contributed by atoms with Crippen LogP contribution in [0.2, 0.25) is 10.0 Å². The standard InChI is InChI=1S/C26H27Cl2FN6O3/c1-2-33-10-12-34(13-11-33)26(37)17-3-5-18(6-4-17)35(16-36)23-15-22(25(30)32-31-23)38-14-9-19-20(27)7-8-21(29)24(19)28/h3-8,15-16H,2,9-14H2,1H3,(H2,30,32). The van der Waals surface area contributed by atoms with Crippen LogP contribution in [0.15, 0.2) is 42.5 Å². The minimum atomic E-state index is -0.577. The predicted octanol–water partition coefficient (Wildman–Crippen LogP) is 4.20. The van der Waals surface area contributed by atoms with Crippen LogP contribution < -0.4 is 15.4 Å². The Morgan fingerprint density at radius 1 is 1.13 bits per heavy atom. The first-order valence-corrected chi connectivity index (χ1v) is 12.8. The van der Waals surface area contributed by atoms with Gasteiger partial charge < -0.3 is 20.3 Å². The first-order valence-electron chi connectivity index (χ1n) is 12.1. The topological polar surface area (TPSA) is 105 Å². The van der Waals surface area contributed by atoms with Crippen LogP contribution in [0, 0.1) is 5.82 Å². The number of hydrogen-bond acceptors (Lipinski definition) is 7. The van der Waals surface area contributed by atoms with Gasteiger partial charge in [-0.25, -0.2) is 4.39 Å². The van der Waals surface area contributed by atoms with Crippen molar-refractivity contribution in [2.45, 2.75) is 13.3 Å². The van der Waals surface area contributed by atoms with Gasteiger partial charge in [-0.2, -0.15) is 0 Å². The lowest BCUT2D eigenvalue weighted by Gasteiger charge is -2.34. The Morgan fingerprint density at radius 3 is 2.50 bits per heavy atom. The highest BCUT2D eigenvalue weighted by Gasteiger charge is 2.22. The van der Waals surface area contributed by atoms with Crippen LogP contribution in [0.4, 0.5) is 21.7 Å². The van der Waals surface area contributed by atoms with E-state index in [2.05, 4.69) is 22.0 Å². The number of hydrogen-bond donors (Lipinski definition) is 1. The molecule has 0 saturated carbocycles. The normalized spacial score (nSPS) is 13.8. The van der Waals surface area contributed by atoms with Gasteiger partial charge >= 0.3 is 0 Å². The number of nitrogen functional groups attached to an aromatic ring is 1. The SMILES string of the molecule is CCN1CCN(C(=O)c2ccc(N(C=O)c3cc(OCCc4c(Cl)ccc(F)c4Cl)c(N)nn3)cc2)CC1. The summed E-state index contributed by atoms with van der Waals surface area (Å²) in [4.78, 5) is 30.3. The smallest absolute Gasteiger partial charge is 0.253 e. The summed E-state index contributed by atoms with van der Waals surface area (Å²) in [5.74, 6) is -0.261. The lowest BCUT2D eigenvalue weighted by atomic mass is 10.1. The maximum Gasteiger partial charge on any atom is 0.253 e. The van der Waals surface area contributed by atoms with Crippen LogP contribution in [0.25, 0.3) is 0 Å². The number of halogens is 3. The van der Waals surface area contributed by atoms with Crippen molar-refractivity contribution >= 4 is 52.8 Å². The second kappa shape index (κ2) is 12.4. The van der Waals surface area contributed by atoms with Crippen molar-refractivity contribution in [2.24, 2.45) is 0 Å². The van der Waals surface area contributed by atoms with E-state index in [1.165, 1.54) is 23.1 Å². The average Bonchev–Trinajstić information content (AvgIpc) is 2.94. The van der Waals surface area contributed by atoms with Crippen molar-refractivity contribution in [3.63, 3.8) is 0 Å². The Hall–Kier alpha value is -3.47. The van der Waals surface area contributed by atoms with Crippen LogP contribution in [0.1, 0.15) is 22.8 Å². The largest absolute Gasteiger partial charge is 0.489 e. The fourth-order valence-electron chi connectivity index (χ4n) is 4.13. The average molecular weight is 561 g/mol. The van der Waals surface area contributed by atoms with E-state index < -0.39 is 5.82 Å². The Kier molecular flexibility index (Phi) is 8.98. The summed E-state index contributed by atoms with van der Waals surface area (Å²) < 4.78 is 19.5. The number of likely N-dealkylation sites (N-methyl/N-ethyl adjacent to an activating group) is 1. The highest BCUT2D eigenvalue weighted by molar-refractivity contribution is 6.36. The van der Waals surface area contributed by atoms with Crippen molar-refractivity contribution in [1.29, 1.82) is 0 Å². The monoisotopic (exact) mass is 560 g/mol. The summed E-state index contributed by atoms with van der Waals surface area (Å²) in [6.45, 7) is 6.20. The summed E-state index contributed by atoms with van der Waals surface area (Å²) in [5.41, 5.74) is 7.34.